The molecular weight excluding hydrogens is 494 g/mol. The monoisotopic (exact) mass is 528 g/mol. The second-order valence-corrected chi connectivity index (χ2v) is 10.8. The van der Waals surface area contributed by atoms with Crippen LogP contribution in [0, 0.1) is 17.7 Å². The van der Waals surface area contributed by atoms with E-state index in [1.165, 1.54) is 12.1 Å². The summed E-state index contributed by atoms with van der Waals surface area (Å²) in [6.45, 7) is 2.63. The van der Waals surface area contributed by atoms with E-state index < -0.39 is 12.1 Å². The van der Waals surface area contributed by atoms with Gasteiger partial charge in [-0.15, -0.1) is 11.8 Å². The number of nitrogens with zero attached hydrogens (tertiary/aromatic N) is 2. The van der Waals surface area contributed by atoms with Crippen LogP contribution in [-0.2, 0) is 4.79 Å². The zero-order valence-corrected chi connectivity index (χ0v) is 21.9. The van der Waals surface area contributed by atoms with Gasteiger partial charge in [0, 0.05) is 41.7 Å². The molecule has 0 radical (unpaired) electrons. The maximum absolute atomic E-state index is 15.5. The summed E-state index contributed by atoms with van der Waals surface area (Å²) in [4.78, 5) is 19.1. The lowest BCUT2D eigenvalue weighted by atomic mass is 9.79. The van der Waals surface area contributed by atoms with Crippen LogP contribution in [0.25, 0.3) is 10.9 Å². The van der Waals surface area contributed by atoms with E-state index in [4.69, 9.17) is 4.74 Å². The van der Waals surface area contributed by atoms with Crippen molar-refractivity contribution in [2.45, 2.75) is 43.2 Å². The van der Waals surface area contributed by atoms with Gasteiger partial charge >= 0.3 is 5.97 Å². The molecule has 2 aromatic carbocycles. The predicted molar refractivity (Wildman–Crippen MR) is 143 cm³/mol. The van der Waals surface area contributed by atoms with Crippen molar-refractivity contribution in [3.05, 3.63) is 66.1 Å². The van der Waals surface area contributed by atoms with Crippen molar-refractivity contribution >= 4 is 28.6 Å². The topological polar surface area (TPSA) is 62.7 Å². The molecule has 1 saturated heterocycles. The summed E-state index contributed by atoms with van der Waals surface area (Å²) in [6, 6.07) is 13.8. The van der Waals surface area contributed by atoms with Gasteiger partial charge < -0.3 is 14.7 Å². The summed E-state index contributed by atoms with van der Waals surface area (Å²) in [7, 11) is 1.59. The number of likely N-dealkylation sites (tertiary alicyclic amines) is 1. The van der Waals surface area contributed by atoms with Crippen LogP contribution in [0.2, 0.25) is 0 Å². The number of halogens is 2. The first-order valence-corrected chi connectivity index (χ1v) is 13.8. The van der Waals surface area contributed by atoms with Crippen LogP contribution < -0.4 is 4.74 Å². The van der Waals surface area contributed by atoms with Crippen molar-refractivity contribution in [1.82, 2.24) is 9.88 Å². The van der Waals surface area contributed by atoms with Gasteiger partial charge in [-0.25, -0.2) is 8.78 Å². The number of aliphatic carboxylic acids is 1. The number of alkyl halides is 1. The van der Waals surface area contributed by atoms with Crippen molar-refractivity contribution in [3.63, 3.8) is 0 Å². The van der Waals surface area contributed by atoms with E-state index in [2.05, 4.69) is 9.88 Å². The molecule has 37 heavy (non-hydrogen) atoms. The van der Waals surface area contributed by atoms with Gasteiger partial charge in [0.05, 0.1) is 12.6 Å². The lowest BCUT2D eigenvalue weighted by molar-refractivity contribution is -0.137. The van der Waals surface area contributed by atoms with Gasteiger partial charge in [-0.2, -0.15) is 0 Å². The largest absolute Gasteiger partial charge is 0.497 e. The molecule has 0 saturated carbocycles. The SMILES string of the molecule is COc1ccc2nccc(C(F)CC[C@@H]3CCN(CCSc4ccc(F)cc4)C[C@@H]3CCC(=O)O)c2c1. The highest BCUT2D eigenvalue weighted by Gasteiger charge is 2.30. The Morgan fingerprint density at radius 1 is 1.19 bits per heavy atom. The summed E-state index contributed by atoms with van der Waals surface area (Å²) in [5.74, 6) is 1.05. The van der Waals surface area contributed by atoms with Gasteiger partial charge in [-0.3, -0.25) is 9.78 Å². The van der Waals surface area contributed by atoms with Crippen LogP contribution in [0.5, 0.6) is 5.75 Å². The quantitative estimate of drug-likeness (QED) is 0.262. The van der Waals surface area contributed by atoms with Gasteiger partial charge in [0.1, 0.15) is 17.7 Å². The van der Waals surface area contributed by atoms with Crippen LogP contribution >= 0.6 is 11.8 Å². The number of aromatic nitrogens is 1. The first kappa shape index (κ1) is 27.3. The molecule has 3 aromatic rings. The Kier molecular flexibility index (Phi) is 9.75. The van der Waals surface area contributed by atoms with Gasteiger partial charge in [0.25, 0.3) is 0 Å². The normalized spacial score (nSPS) is 19.1. The molecule has 0 spiro atoms. The van der Waals surface area contributed by atoms with Crippen LogP contribution in [0.15, 0.2) is 59.6 Å². The van der Waals surface area contributed by atoms with Gasteiger partial charge in [0.15, 0.2) is 0 Å². The molecule has 0 bridgehead atoms. The summed E-state index contributed by atoms with van der Waals surface area (Å²) < 4.78 is 34.0. The van der Waals surface area contributed by atoms with E-state index in [1.807, 2.05) is 18.2 Å². The number of methoxy groups -OCH3 is 1. The summed E-state index contributed by atoms with van der Waals surface area (Å²) in [5, 5.41) is 10.0. The fraction of sp³-hybridized carbons (Fsp3) is 0.448. The van der Waals surface area contributed by atoms with E-state index in [9.17, 15) is 14.3 Å². The number of piperidine rings is 1. The molecule has 5 nitrogen and oxygen atoms in total. The Morgan fingerprint density at radius 2 is 2.00 bits per heavy atom. The Balaban J connectivity index is 1.34. The number of hydrogen-bond acceptors (Lipinski definition) is 5. The third-order valence-corrected chi connectivity index (χ3v) is 8.30. The zero-order chi connectivity index (χ0) is 26.2. The third-order valence-electron chi connectivity index (χ3n) is 7.31. The third kappa shape index (κ3) is 7.65. The molecule has 1 aliphatic heterocycles. The molecule has 0 amide bonds. The number of carboxylic acids is 1. The fourth-order valence-electron chi connectivity index (χ4n) is 5.26. The molecule has 8 heteroatoms. The number of fused-ring (bicyclic) bond motifs is 1. The molecule has 1 N–H and O–H groups in total. The highest BCUT2D eigenvalue weighted by molar-refractivity contribution is 7.99. The van der Waals surface area contributed by atoms with E-state index in [0.717, 1.165) is 54.0 Å². The molecule has 2 heterocycles. The summed E-state index contributed by atoms with van der Waals surface area (Å²) >= 11 is 1.69. The first-order chi connectivity index (χ1) is 17.9. The van der Waals surface area contributed by atoms with Crippen molar-refractivity contribution in [1.29, 1.82) is 0 Å². The minimum atomic E-state index is -1.12. The van der Waals surface area contributed by atoms with Crippen molar-refractivity contribution in [2.24, 2.45) is 11.8 Å². The summed E-state index contributed by atoms with van der Waals surface area (Å²) in [6.07, 6.45) is 3.31. The maximum Gasteiger partial charge on any atom is 0.303 e. The Hall–Kier alpha value is -2.71. The molecule has 3 atom stereocenters. The average molecular weight is 529 g/mol. The van der Waals surface area contributed by atoms with Crippen LogP contribution in [0.3, 0.4) is 0 Å². The highest BCUT2D eigenvalue weighted by atomic mass is 32.2. The van der Waals surface area contributed by atoms with E-state index >= 15 is 4.39 Å². The number of benzene rings is 2. The lowest BCUT2D eigenvalue weighted by Gasteiger charge is -2.39. The second kappa shape index (κ2) is 13.2. The maximum atomic E-state index is 15.5. The second-order valence-electron chi connectivity index (χ2n) is 9.67. The molecule has 1 aromatic heterocycles. The Labute approximate surface area is 221 Å². The molecule has 4 rings (SSSR count). The van der Waals surface area contributed by atoms with Gasteiger partial charge in [-0.05, 0) is 98.2 Å². The molecular formula is C29H34F2N2O3S. The van der Waals surface area contributed by atoms with Crippen LogP contribution in [-0.4, -0.2) is 53.5 Å². The highest BCUT2D eigenvalue weighted by Crippen LogP contribution is 2.36. The Bertz CT molecular complexity index is 1180. The number of ether oxygens (including phenoxy) is 1. The smallest absolute Gasteiger partial charge is 0.303 e. The van der Waals surface area contributed by atoms with E-state index in [0.29, 0.717) is 30.1 Å². The van der Waals surface area contributed by atoms with Crippen molar-refractivity contribution in [2.75, 3.05) is 32.5 Å². The minimum absolute atomic E-state index is 0.132. The minimum Gasteiger partial charge on any atom is -0.497 e. The van der Waals surface area contributed by atoms with Crippen LogP contribution in [0.4, 0.5) is 8.78 Å². The number of carboxylic acid groups (broad SMARTS) is 1. The van der Waals surface area contributed by atoms with E-state index in [1.54, 1.807) is 43.3 Å². The zero-order valence-electron chi connectivity index (χ0n) is 21.1. The molecule has 1 unspecified atom stereocenters. The number of pyridine rings is 1. The number of rotatable bonds is 12. The van der Waals surface area contributed by atoms with Crippen molar-refractivity contribution < 1.29 is 23.4 Å². The standard InChI is InChI=1S/C29H34F2N2O3S/c1-36-23-6-10-28-26(18-23)25(12-14-32-28)27(31)9-2-20-13-15-33(19-21(20)3-11-29(34)35)16-17-37-24-7-4-22(30)5-8-24/h4-8,10,12,14,18,20-21,27H,2-3,9,11,13,15-17,19H2,1H3,(H,34,35)/t20-,21+,27?/m1/s1. The predicted octanol–water partition coefficient (Wildman–Crippen LogP) is 6.77. The molecule has 0 aliphatic carbocycles. The lowest BCUT2D eigenvalue weighted by Crippen LogP contribution is -2.41. The van der Waals surface area contributed by atoms with Gasteiger partial charge in [0.2, 0.25) is 0 Å². The number of carbonyl (C=O) groups is 1. The van der Waals surface area contributed by atoms with Crippen molar-refractivity contribution in [3.8, 4) is 5.75 Å². The summed E-state index contributed by atoms with van der Waals surface area (Å²) in [5.41, 5.74) is 1.37. The van der Waals surface area contributed by atoms with Crippen LogP contribution in [0.1, 0.15) is 43.8 Å². The average Bonchev–Trinajstić information content (AvgIpc) is 2.91. The Morgan fingerprint density at radius 3 is 2.76 bits per heavy atom. The number of thioether (sulfide) groups is 1. The molecule has 198 valence electrons. The molecule has 1 fully saturated rings. The number of hydrogen-bond donors (Lipinski definition) is 1. The first-order valence-electron chi connectivity index (χ1n) is 12.8. The molecule has 1 aliphatic rings. The van der Waals surface area contributed by atoms with E-state index in [-0.39, 0.29) is 18.2 Å². The fourth-order valence-corrected chi connectivity index (χ4v) is 6.17. The van der Waals surface area contributed by atoms with Gasteiger partial charge in [-0.1, -0.05) is 0 Å².